The van der Waals surface area contributed by atoms with Crippen molar-refractivity contribution < 1.29 is 14.6 Å². The van der Waals surface area contributed by atoms with Crippen molar-refractivity contribution in [2.75, 3.05) is 27.3 Å². The summed E-state index contributed by atoms with van der Waals surface area (Å²) in [6.07, 6.45) is 3.87. The maximum atomic E-state index is 10.4. The van der Waals surface area contributed by atoms with Crippen LogP contribution in [0.25, 0.3) is 6.08 Å². The van der Waals surface area contributed by atoms with Gasteiger partial charge in [-0.1, -0.05) is 0 Å². The molecule has 0 radical (unpaired) electrons. The number of piperidine rings is 3. The first-order chi connectivity index (χ1) is 9.72. The number of fused-ring (bicyclic) bond motifs is 3. The van der Waals surface area contributed by atoms with Crippen LogP contribution in [0.2, 0.25) is 0 Å². The van der Waals surface area contributed by atoms with Gasteiger partial charge in [0.2, 0.25) is 0 Å². The predicted molar refractivity (Wildman–Crippen MR) is 77.8 cm³/mol. The Bertz CT molecular complexity index is 514. The normalized spacial score (nSPS) is 26.9. The number of hydrogen-bond donors (Lipinski definition) is 1. The zero-order valence-corrected chi connectivity index (χ0v) is 12.0. The van der Waals surface area contributed by atoms with E-state index in [0.29, 0.717) is 5.92 Å². The van der Waals surface area contributed by atoms with Crippen LogP contribution >= 0.6 is 0 Å². The summed E-state index contributed by atoms with van der Waals surface area (Å²) in [6, 6.07) is 5.72. The van der Waals surface area contributed by atoms with Gasteiger partial charge in [-0.3, -0.25) is 0 Å². The first kappa shape index (κ1) is 13.3. The number of rotatable bonds is 3. The van der Waals surface area contributed by atoms with Crippen LogP contribution in [0.15, 0.2) is 23.9 Å². The van der Waals surface area contributed by atoms with E-state index in [1.165, 1.54) is 0 Å². The van der Waals surface area contributed by atoms with Crippen LogP contribution in [0.4, 0.5) is 0 Å². The highest BCUT2D eigenvalue weighted by atomic mass is 16.5. The molecule has 3 aliphatic rings. The van der Waals surface area contributed by atoms with Gasteiger partial charge in [0.05, 0.1) is 20.3 Å². The molecule has 3 aliphatic heterocycles. The van der Waals surface area contributed by atoms with Crippen molar-refractivity contribution in [3.8, 4) is 11.5 Å². The second-order valence-electron chi connectivity index (χ2n) is 5.45. The minimum Gasteiger partial charge on any atom is -0.497 e. The number of aliphatic hydroxyl groups is 1. The number of aliphatic hydroxyl groups excluding tert-OH is 1. The number of ether oxygens (including phenoxy) is 2. The fourth-order valence-electron chi connectivity index (χ4n) is 3.19. The van der Waals surface area contributed by atoms with Crippen molar-refractivity contribution in [3.63, 3.8) is 0 Å². The average molecular weight is 275 g/mol. The standard InChI is InChI=1S/C16H21NO3/c1-19-13-3-4-15(20-2)12(9-13)10-14-16(18)11-5-7-17(14)8-6-11/h3-4,9-11,16,18H,5-8H2,1-2H3. The predicted octanol–water partition coefficient (Wildman–Crippen LogP) is 2.13. The summed E-state index contributed by atoms with van der Waals surface area (Å²) in [5.74, 6) is 2.00. The van der Waals surface area contributed by atoms with E-state index in [2.05, 4.69) is 4.90 Å². The van der Waals surface area contributed by atoms with Gasteiger partial charge in [-0.2, -0.15) is 0 Å². The lowest BCUT2D eigenvalue weighted by atomic mass is 9.83. The fourth-order valence-corrected chi connectivity index (χ4v) is 3.19. The van der Waals surface area contributed by atoms with Crippen molar-refractivity contribution in [1.82, 2.24) is 4.90 Å². The Morgan fingerprint density at radius 1 is 1.20 bits per heavy atom. The highest BCUT2D eigenvalue weighted by molar-refractivity contribution is 5.62. The number of methoxy groups -OCH3 is 2. The molecule has 0 amide bonds. The van der Waals surface area contributed by atoms with E-state index in [0.717, 1.165) is 48.7 Å². The van der Waals surface area contributed by atoms with E-state index < -0.39 is 0 Å². The van der Waals surface area contributed by atoms with E-state index in [1.54, 1.807) is 14.2 Å². The third-order valence-corrected chi connectivity index (χ3v) is 4.39. The van der Waals surface area contributed by atoms with Crippen LogP contribution < -0.4 is 9.47 Å². The van der Waals surface area contributed by atoms with Gasteiger partial charge >= 0.3 is 0 Å². The van der Waals surface area contributed by atoms with Crippen molar-refractivity contribution in [3.05, 3.63) is 29.5 Å². The van der Waals surface area contributed by atoms with Gasteiger partial charge in [0, 0.05) is 24.4 Å². The molecule has 1 atom stereocenters. The Morgan fingerprint density at radius 2 is 1.95 bits per heavy atom. The molecule has 1 aromatic rings. The maximum absolute atomic E-state index is 10.4. The van der Waals surface area contributed by atoms with Gasteiger partial charge in [0.15, 0.2) is 0 Å². The Hall–Kier alpha value is -1.68. The van der Waals surface area contributed by atoms with Gasteiger partial charge in [0.1, 0.15) is 11.5 Å². The van der Waals surface area contributed by atoms with E-state index in [-0.39, 0.29) is 6.10 Å². The lowest BCUT2D eigenvalue weighted by Crippen LogP contribution is -2.48. The summed E-state index contributed by atoms with van der Waals surface area (Å²) < 4.78 is 10.7. The smallest absolute Gasteiger partial charge is 0.126 e. The second kappa shape index (κ2) is 5.37. The SMILES string of the molecule is COc1ccc(OC)c(C=C2C(O)C3CCN2CC3)c1. The Balaban J connectivity index is 1.98. The van der Waals surface area contributed by atoms with E-state index in [1.807, 2.05) is 24.3 Å². The molecule has 2 bridgehead atoms. The molecular weight excluding hydrogens is 254 g/mol. The molecule has 108 valence electrons. The van der Waals surface area contributed by atoms with E-state index >= 15 is 0 Å². The third kappa shape index (κ3) is 2.24. The monoisotopic (exact) mass is 275 g/mol. The van der Waals surface area contributed by atoms with Crippen LogP contribution in [0.5, 0.6) is 11.5 Å². The first-order valence-corrected chi connectivity index (χ1v) is 7.09. The molecular formula is C16H21NO3. The molecule has 3 saturated heterocycles. The third-order valence-electron chi connectivity index (χ3n) is 4.39. The molecule has 4 heteroatoms. The van der Waals surface area contributed by atoms with Crippen LogP contribution in [-0.2, 0) is 0 Å². The number of hydrogen-bond acceptors (Lipinski definition) is 4. The molecule has 0 spiro atoms. The second-order valence-corrected chi connectivity index (χ2v) is 5.45. The average Bonchev–Trinajstić information content (AvgIpc) is 2.51. The van der Waals surface area contributed by atoms with Gasteiger partial charge in [-0.25, -0.2) is 0 Å². The molecule has 4 rings (SSSR count). The topological polar surface area (TPSA) is 41.9 Å². The van der Waals surface area contributed by atoms with Crippen LogP contribution in [-0.4, -0.2) is 43.4 Å². The van der Waals surface area contributed by atoms with E-state index in [9.17, 15) is 5.11 Å². The number of nitrogens with zero attached hydrogens (tertiary/aromatic N) is 1. The Morgan fingerprint density at radius 3 is 2.55 bits per heavy atom. The largest absolute Gasteiger partial charge is 0.497 e. The van der Waals surface area contributed by atoms with Crippen LogP contribution in [0.1, 0.15) is 18.4 Å². The molecule has 3 fully saturated rings. The minimum absolute atomic E-state index is 0.353. The molecule has 0 aliphatic carbocycles. The van der Waals surface area contributed by atoms with Crippen LogP contribution in [0.3, 0.4) is 0 Å². The molecule has 3 heterocycles. The summed E-state index contributed by atoms with van der Waals surface area (Å²) in [4.78, 5) is 2.28. The maximum Gasteiger partial charge on any atom is 0.126 e. The fraction of sp³-hybridized carbons (Fsp3) is 0.500. The van der Waals surface area contributed by atoms with Gasteiger partial charge in [-0.15, -0.1) is 0 Å². The molecule has 4 nitrogen and oxygen atoms in total. The van der Waals surface area contributed by atoms with Gasteiger partial charge in [0.25, 0.3) is 0 Å². The summed E-state index contributed by atoms with van der Waals surface area (Å²) in [5, 5.41) is 10.4. The lowest BCUT2D eigenvalue weighted by molar-refractivity contribution is 0.0215. The molecule has 1 N–H and O–H groups in total. The minimum atomic E-state index is -0.353. The van der Waals surface area contributed by atoms with Gasteiger partial charge in [-0.05, 0) is 43.0 Å². The van der Waals surface area contributed by atoms with Crippen molar-refractivity contribution >= 4 is 6.08 Å². The molecule has 0 aromatic heterocycles. The molecule has 1 aromatic carbocycles. The van der Waals surface area contributed by atoms with E-state index in [4.69, 9.17) is 9.47 Å². The highest BCUT2D eigenvalue weighted by Gasteiger charge is 2.36. The summed E-state index contributed by atoms with van der Waals surface area (Å²) >= 11 is 0. The Kier molecular flexibility index (Phi) is 3.57. The molecule has 1 unspecified atom stereocenters. The summed E-state index contributed by atoms with van der Waals surface area (Å²) in [7, 11) is 3.31. The van der Waals surface area contributed by atoms with Crippen molar-refractivity contribution in [1.29, 1.82) is 0 Å². The summed E-state index contributed by atoms with van der Waals surface area (Å²) in [5.41, 5.74) is 1.97. The first-order valence-electron chi connectivity index (χ1n) is 7.09. The number of benzene rings is 1. The van der Waals surface area contributed by atoms with Crippen LogP contribution in [0, 0.1) is 5.92 Å². The summed E-state index contributed by atoms with van der Waals surface area (Å²) in [6.45, 7) is 2.08. The molecule has 0 saturated carbocycles. The van der Waals surface area contributed by atoms with Gasteiger partial charge < -0.3 is 19.5 Å². The highest BCUT2D eigenvalue weighted by Crippen LogP contribution is 2.37. The van der Waals surface area contributed by atoms with Crippen molar-refractivity contribution in [2.45, 2.75) is 18.9 Å². The quantitative estimate of drug-likeness (QED) is 0.917. The zero-order valence-electron chi connectivity index (χ0n) is 12.0. The Labute approximate surface area is 119 Å². The van der Waals surface area contributed by atoms with Crippen molar-refractivity contribution in [2.24, 2.45) is 5.92 Å². The zero-order chi connectivity index (χ0) is 14.1. The lowest BCUT2D eigenvalue weighted by Gasteiger charge is -2.46. The molecule has 20 heavy (non-hydrogen) atoms.